The molecular weight excluding hydrogens is 392 g/mol. The van der Waals surface area contributed by atoms with Gasteiger partial charge in [-0.2, -0.15) is 0 Å². The van der Waals surface area contributed by atoms with E-state index in [4.69, 9.17) is 9.84 Å². The minimum Gasteiger partial charge on any atom is -0.478 e. The summed E-state index contributed by atoms with van der Waals surface area (Å²) in [5.74, 6) is -1.54. The number of ether oxygens (including phenoxy) is 1. The molecule has 3 rings (SSSR count). The van der Waals surface area contributed by atoms with Crippen LogP contribution in [0.5, 0.6) is 0 Å². The van der Waals surface area contributed by atoms with Gasteiger partial charge >= 0.3 is 5.97 Å². The van der Waals surface area contributed by atoms with Crippen LogP contribution in [0.15, 0.2) is 28.6 Å². The Bertz CT molecular complexity index is 851. The normalized spacial score (nSPS) is 14.0. The molecule has 2 N–H and O–H groups in total. The van der Waals surface area contributed by atoms with Crippen LogP contribution in [0.25, 0.3) is 0 Å². The lowest BCUT2D eigenvalue weighted by Gasteiger charge is -2.26. The monoisotopic (exact) mass is 408 g/mol. The van der Waals surface area contributed by atoms with Gasteiger partial charge in [0.1, 0.15) is 0 Å². The molecule has 1 aromatic carbocycles. The second-order valence-electron chi connectivity index (χ2n) is 5.46. The van der Waals surface area contributed by atoms with Crippen LogP contribution in [0.4, 0.5) is 5.13 Å². The van der Waals surface area contributed by atoms with Crippen molar-refractivity contribution in [3.05, 3.63) is 35.4 Å². The van der Waals surface area contributed by atoms with Crippen molar-refractivity contribution >= 4 is 46.0 Å². The van der Waals surface area contributed by atoms with E-state index in [0.29, 0.717) is 30.6 Å². The third kappa shape index (κ3) is 5.02. The summed E-state index contributed by atoms with van der Waals surface area (Å²) >= 11 is 2.37. The van der Waals surface area contributed by atoms with Gasteiger partial charge in [0.15, 0.2) is 4.34 Å². The van der Waals surface area contributed by atoms with Crippen molar-refractivity contribution in [3.8, 4) is 0 Å². The summed E-state index contributed by atoms with van der Waals surface area (Å²) in [6.07, 6.45) is 0. The molecule has 0 saturated carbocycles. The minimum atomic E-state index is -1.18. The lowest BCUT2D eigenvalue weighted by Crippen LogP contribution is -2.41. The highest BCUT2D eigenvalue weighted by Crippen LogP contribution is 2.26. The number of nitrogens with zero attached hydrogens (tertiary/aromatic N) is 3. The van der Waals surface area contributed by atoms with E-state index < -0.39 is 11.9 Å². The number of aromatic nitrogens is 2. The van der Waals surface area contributed by atoms with Crippen molar-refractivity contribution in [2.75, 3.05) is 37.4 Å². The first-order valence-corrected chi connectivity index (χ1v) is 9.80. The number of thioether (sulfide) groups is 1. The molecule has 1 aliphatic heterocycles. The number of carbonyl (C=O) groups excluding carboxylic acids is 2. The first-order chi connectivity index (χ1) is 13.0. The van der Waals surface area contributed by atoms with Crippen LogP contribution in [0.3, 0.4) is 0 Å². The fourth-order valence-corrected chi connectivity index (χ4v) is 4.03. The molecule has 2 amide bonds. The van der Waals surface area contributed by atoms with E-state index in [9.17, 15) is 14.4 Å². The van der Waals surface area contributed by atoms with Crippen LogP contribution in [-0.2, 0) is 9.53 Å². The Morgan fingerprint density at radius 2 is 1.89 bits per heavy atom. The average Bonchev–Trinajstić information content (AvgIpc) is 3.14. The summed E-state index contributed by atoms with van der Waals surface area (Å²) in [5.41, 5.74) is -0.0536. The number of aromatic carboxylic acids is 1. The van der Waals surface area contributed by atoms with Crippen LogP contribution in [0, 0.1) is 0 Å². The van der Waals surface area contributed by atoms with Gasteiger partial charge in [-0.25, -0.2) is 4.79 Å². The SMILES string of the molecule is O=C(O)c1ccccc1C(=O)Nc1nnc(SCC(=O)N2CCOCC2)s1. The summed E-state index contributed by atoms with van der Waals surface area (Å²) < 4.78 is 5.75. The fourth-order valence-electron chi connectivity index (χ4n) is 2.38. The molecule has 11 heteroatoms. The van der Waals surface area contributed by atoms with E-state index in [1.54, 1.807) is 17.0 Å². The third-order valence-electron chi connectivity index (χ3n) is 3.71. The number of carboxylic acid groups (broad SMARTS) is 1. The van der Waals surface area contributed by atoms with E-state index in [1.165, 1.54) is 23.9 Å². The number of hydrogen-bond donors (Lipinski definition) is 2. The van der Waals surface area contributed by atoms with Gasteiger partial charge in [-0.3, -0.25) is 14.9 Å². The second-order valence-corrected chi connectivity index (χ2v) is 7.66. The number of rotatable bonds is 6. The highest BCUT2D eigenvalue weighted by Gasteiger charge is 2.19. The molecule has 0 spiro atoms. The Morgan fingerprint density at radius 1 is 1.19 bits per heavy atom. The number of carbonyl (C=O) groups is 3. The molecule has 0 bridgehead atoms. The van der Waals surface area contributed by atoms with Crippen molar-refractivity contribution in [3.63, 3.8) is 0 Å². The number of hydrogen-bond acceptors (Lipinski definition) is 8. The molecule has 1 fully saturated rings. The van der Waals surface area contributed by atoms with E-state index >= 15 is 0 Å². The summed E-state index contributed by atoms with van der Waals surface area (Å²) in [5, 5.41) is 19.8. The molecule has 27 heavy (non-hydrogen) atoms. The molecule has 142 valence electrons. The van der Waals surface area contributed by atoms with Gasteiger partial charge in [0.2, 0.25) is 11.0 Å². The van der Waals surface area contributed by atoms with Crippen LogP contribution < -0.4 is 5.32 Å². The molecule has 0 atom stereocenters. The standard InChI is InChI=1S/C16H16N4O5S2/c21-12(20-5-7-25-8-6-20)9-26-16-19-18-15(27-16)17-13(22)10-3-1-2-4-11(10)14(23)24/h1-4H,5-9H2,(H,23,24)(H,17,18,22). The molecule has 1 aliphatic rings. The van der Waals surface area contributed by atoms with Crippen molar-refractivity contribution in [2.24, 2.45) is 0 Å². The van der Waals surface area contributed by atoms with E-state index in [2.05, 4.69) is 15.5 Å². The van der Waals surface area contributed by atoms with Gasteiger partial charge in [0, 0.05) is 13.1 Å². The zero-order valence-corrected chi connectivity index (χ0v) is 15.7. The van der Waals surface area contributed by atoms with Crippen molar-refractivity contribution in [1.82, 2.24) is 15.1 Å². The Morgan fingerprint density at radius 3 is 2.59 bits per heavy atom. The van der Waals surface area contributed by atoms with Gasteiger partial charge in [0.05, 0.1) is 30.1 Å². The van der Waals surface area contributed by atoms with Crippen LogP contribution >= 0.6 is 23.1 Å². The van der Waals surface area contributed by atoms with Crippen LogP contribution in [-0.4, -0.2) is 70.0 Å². The minimum absolute atomic E-state index is 0.000490. The first-order valence-electron chi connectivity index (χ1n) is 8.00. The van der Waals surface area contributed by atoms with Crippen molar-refractivity contribution in [2.45, 2.75) is 4.34 Å². The van der Waals surface area contributed by atoms with E-state index in [1.807, 2.05) is 0 Å². The third-order valence-corrected chi connectivity index (χ3v) is 5.67. The van der Waals surface area contributed by atoms with Crippen LogP contribution in [0.1, 0.15) is 20.7 Å². The molecule has 1 aromatic heterocycles. The molecule has 9 nitrogen and oxygen atoms in total. The quantitative estimate of drug-likeness (QED) is 0.544. The van der Waals surface area contributed by atoms with Gasteiger partial charge in [-0.15, -0.1) is 10.2 Å². The highest BCUT2D eigenvalue weighted by molar-refractivity contribution is 8.01. The maximum atomic E-state index is 12.3. The number of benzene rings is 1. The summed E-state index contributed by atoms with van der Waals surface area (Å²) in [6, 6.07) is 5.91. The first kappa shape index (κ1) is 19.3. The Hall–Kier alpha value is -2.50. The van der Waals surface area contributed by atoms with Gasteiger partial charge in [-0.1, -0.05) is 35.2 Å². The molecule has 0 unspecified atom stereocenters. The van der Waals surface area contributed by atoms with Gasteiger partial charge in [-0.05, 0) is 12.1 Å². The molecule has 0 radical (unpaired) electrons. The van der Waals surface area contributed by atoms with Gasteiger partial charge < -0.3 is 14.7 Å². The predicted octanol–water partition coefficient (Wildman–Crippen LogP) is 1.44. The second kappa shape index (κ2) is 8.93. The molecule has 0 aliphatic carbocycles. The molecular formula is C16H16N4O5S2. The number of amides is 2. The lowest BCUT2D eigenvalue weighted by molar-refractivity contribution is -0.132. The number of anilines is 1. The maximum absolute atomic E-state index is 12.3. The number of carboxylic acids is 1. The molecule has 1 saturated heterocycles. The largest absolute Gasteiger partial charge is 0.478 e. The highest BCUT2D eigenvalue weighted by atomic mass is 32.2. The van der Waals surface area contributed by atoms with Gasteiger partial charge in [0.25, 0.3) is 5.91 Å². The summed E-state index contributed by atoms with van der Waals surface area (Å²) in [6.45, 7) is 2.26. The molecule has 2 heterocycles. The zero-order chi connectivity index (χ0) is 19.2. The Balaban J connectivity index is 1.57. The average molecular weight is 408 g/mol. The van der Waals surface area contributed by atoms with Crippen LogP contribution in [0.2, 0.25) is 0 Å². The number of morpholine rings is 1. The Kier molecular flexibility index (Phi) is 6.37. The lowest BCUT2D eigenvalue weighted by atomic mass is 10.1. The smallest absolute Gasteiger partial charge is 0.336 e. The maximum Gasteiger partial charge on any atom is 0.336 e. The van der Waals surface area contributed by atoms with Crippen molar-refractivity contribution in [1.29, 1.82) is 0 Å². The fraction of sp³-hybridized carbons (Fsp3) is 0.312. The zero-order valence-electron chi connectivity index (χ0n) is 14.1. The summed E-state index contributed by atoms with van der Waals surface area (Å²) in [4.78, 5) is 37.4. The van der Waals surface area contributed by atoms with Crippen molar-refractivity contribution < 1.29 is 24.2 Å². The Labute approximate surface area is 162 Å². The number of nitrogens with one attached hydrogen (secondary N) is 1. The van der Waals surface area contributed by atoms with E-state index in [0.717, 1.165) is 11.3 Å². The summed E-state index contributed by atoms with van der Waals surface area (Å²) in [7, 11) is 0. The molecule has 2 aromatic rings. The topological polar surface area (TPSA) is 122 Å². The predicted molar refractivity (Wildman–Crippen MR) is 99.4 cm³/mol. The van der Waals surface area contributed by atoms with E-state index in [-0.39, 0.29) is 27.9 Å².